The Morgan fingerprint density at radius 2 is 1.44 bits per heavy atom. The fourth-order valence-corrected chi connectivity index (χ4v) is 2.75. The van der Waals surface area contributed by atoms with Gasteiger partial charge in [0.25, 0.3) is 5.91 Å². The van der Waals surface area contributed by atoms with E-state index in [9.17, 15) is 23.2 Å². The first kappa shape index (κ1) is 22.9. The van der Waals surface area contributed by atoms with Gasteiger partial charge in [-0.1, -0.05) is 11.6 Å². The van der Waals surface area contributed by atoms with Crippen LogP contribution in [0.4, 0.5) is 14.5 Å². The minimum atomic E-state index is -1.10. The largest absolute Gasteiger partial charge is 0.484 e. The highest BCUT2D eigenvalue weighted by molar-refractivity contribution is 6.30. The van der Waals surface area contributed by atoms with E-state index in [1.165, 1.54) is 6.07 Å². The van der Waals surface area contributed by atoms with Gasteiger partial charge in [0, 0.05) is 27.9 Å². The van der Waals surface area contributed by atoms with Crippen LogP contribution in [0, 0.1) is 11.6 Å². The van der Waals surface area contributed by atoms with E-state index >= 15 is 0 Å². The molecule has 0 heterocycles. The smallest absolute Gasteiger partial charge is 0.258 e. The molecule has 0 aliphatic heterocycles. The lowest BCUT2D eigenvalue weighted by molar-refractivity contribution is -0.125. The van der Waals surface area contributed by atoms with Crippen molar-refractivity contribution >= 4 is 34.9 Å². The molecule has 0 aliphatic rings. The van der Waals surface area contributed by atoms with Gasteiger partial charge in [-0.25, -0.2) is 8.78 Å². The van der Waals surface area contributed by atoms with Crippen LogP contribution in [-0.2, 0) is 9.59 Å². The van der Waals surface area contributed by atoms with Gasteiger partial charge in [0.1, 0.15) is 5.75 Å². The number of ether oxygens (including phenoxy) is 1. The number of halogens is 3. The molecule has 164 valence electrons. The zero-order valence-electron chi connectivity index (χ0n) is 16.5. The van der Waals surface area contributed by atoms with Crippen LogP contribution in [0.3, 0.4) is 0 Å². The third kappa shape index (κ3) is 6.36. The molecule has 0 aromatic heterocycles. The number of benzene rings is 3. The van der Waals surface area contributed by atoms with Gasteiger partial charge in [0.05, 0.1) is 6.54 Å². The van der Waals surface area contributed by atoms with Crippen LogP contribution in [0.15, 0.2) is 66.7 Å². The summed E-state index contributed by atoms with van der Waals surface area (Å²) in [5, 5.41) is 5.21. The number of nitrogens with one attached hydrogen (secondary N) is 2. The predicted molar refractivity (Wildman–Crippen MR) is 115 cm³/mol. The fourth-order valence-electron chi connectivity index (χ4n) is 2.63. The Bertz CT molecular complexity index is 1140. The maximum absolute atomic E-state index is 13.1. The zero-order chi connectivity index (χ0) is 23.1. The summed E-state index contributed by atoms with van der Waals surface area (Å²) < 4.78 is 31.4. The summed E-state index contributed by atoms with van der Waals surface area (Å²) in [6, 6.07) is 15.7. The summed E-state index contributed by atoms with van der Waals surface area (Å²) in [5.74, 6) is -3.13. The summed E-state index contributed by atoms with van der Waals surface area (Å²) in [6.07, 6.45) is 0. The lowest BCUT2D eigenvalue weighted by atomic mass is 10.0. The van der Waals surface area contributed by atoms with Gasteiger partial charge in [-0.05, 0) is 60.7 Å². The van der Waals surface area contributed by atoms with Crippen LogP contribution in [0.2, 0.25) is 5.02 Å². The molecule has 0 unspecified atom stereocenters. The molecular formula is C23H17ClF2N2O4. The van der Waals surface area contributed by atoms with E-state index in [4.69, 9.17) is 16.3 Å². The van der Waals surface area contributed by atoms with Gasteiger partial charge in [-0.2, -0.15) is 0 Å². The molecule has 3 aromatic rings. The molecule has 6 nitrogen and oxygen atoms in total. The number of carbonyl (C=O) groups is 3. The minimum absolute atomic E-state index is 0.0626. The van der Waals surface area contributed by atoms with E-state index in [2.05, 4.69) is 10.6 Å². The van der Waals surface area contributed by atoms with Crippen molar-refractivity contribution in [3.63, 3.8) is 0 Å². The highest BCUT2D eigenvalue weighted by atomic mass is 35.5. The third-order valence-corrected chi connectivity index (χ3v) is 4.49. The Kier molecular flexibility index (Phi) is 7.51. The highest BCUT2D eigenvalue weighted by Gasteiger charge is 2.11. The molecule has 2 amide bonds. The molecule has 0 fully saturated rings. The Balaban J connectivity index is 1.44. The van der Waals surface area contributed by atoms with E-state index < -0.39 is 23.4 Å². The summed E-state index contributed by atoms with van der Waals surface area (Å²) in [7, 11) is 0. The Hall–Kier alpha value is -3.78. The van der Waals surface area contributed by atoms with E-state index in [1.54, 1.807) is 48.5 Å². The average molecular weight is 459 g/mol. The highest BCUT2D eigenvalue weighted by Crippen LogP contribution is 2.17. The monoisotopic (exact) mass is 458 g/mol. The van der Waals surface area contributed by atoms with Crippen LogP contribution < -0.4 is 15.4 Å². The number of anilines is 1. The van der Waals surface area contributed by atoms with Crippen molar-refractivity contribution in [1.82, 2.24) is 5.32 Å². The molecule has 32 heavy (non-hydrogen) atoms. The van der Waals surface area contributed by atoms with Gasteiger partial charge >= 0.3 is 0 Å². The standard InChI is InChI=1S/C23H17ClF2N2O4/c24-16-5-1-14(2-6-16)23(31)15-3-8-18(9-4-15)32-13-22(30)27-12-21(29)28-17-7-10-19(25)20(26)11-17/h1-11H,12-13H2,(H,27,30)(H,28,29). The third-order valence-electron chi connectivity index (χ3n) is 4.24. The molecule has 3 rings (SSSR count). The number of hydrogen-bond donors (Lipinski definition) is 2. The molecule has 0 bridgehead atoms. The molecule has 0 saturated heterocycles. The molecule has 0 spiro atoms. The van der Waals surface area contributed by atoms with Crippen molar-refractivity contribution < 1.29 is 27.9 Å². The maximum Gasteiger partial charge on any atom is 0.258 e. The SMILES string of the molecule is O=C(COc1ccc(C(=O)c2ccc(Cl)cc2)cc1)NCC(=O)Nc1ccc(F)c(F)c1. The van der Waals surface area contributed by atoms with Crippen molar-refractivity contribution in [3.8, 4) is 5.75 Å². The Morgan fingerprint density at radius 1 is 0.812 bits per heavy atom. The van der Waals surface area contributed by atoms with Crippen LogP contribution in [0.5, 0.6) is 5.75 Å². The summed E-state index contributed by atoms with van der Waals surface area (Å²) >= 11 is 5.82. The van der Waals surface area contributed by atoms with Crippen molar-refractivity contribution in [2.24, 2.45) is 0 Å². The Morgan fingerprint density at radius 3 is 2.06 bits per heavy atom. The number of ketones is 1. The molecule has 9 heteroatoms. The lowest BCUT2D eigenvalue weighted by Crippen LogP contribution is -2.35. The van der Waals surface area contributed by atoms with Crippen molar-refractivity contribution in [2.45, 2.75) is 0 Å². The van der Waals surface area contributed by atoms with Gasteiger partial charge < -0.3 is 15.4 Å². The minimum Gasteiger partial charge on any atom is -0.484 e. The second-order valence-corrected chi connectivity index (χ2v) is 7.04. The van der Waals surface area contributed by atoms with Crippen LogP contribution in [-0.4, -0.2) is 30.7 Å². The van der Waals surface area contributed by atoms with E-state index in [0.29, 0.717) is 21.9 Å². The van der Waals surface area contributed by atoms with Crippen molar-refractivity contribution in [3.05, 3.63) is 94.5 Å². The zero-order valence-corrected chi connectivity index (χ0v) is 17.3. The second kappa shape index (κ2) is 10.5. The van der Waals surface area contributed by atoms with Crippen molar-refractivity contribution in [2.75, 3.05) is 18.5 Å². The van der Waals surface area contributed by atoms with E-state index in [0.717, 1.165) is 12.1 Å². The van der Waals surface area contributed by atoms with Crippen LogP contribution >= 0.6 is 11.6 Å². The topological polar surface area (TPSA) is 84.5 Å². The quantitative estimate of drug-likeness (QED) is 0.500. The van der Waals surface area contributed by atoms with Crippen molar-refractivity contribution in [1.29, 1.82) is 0 Å². The first-order valence-electron chi connectivity index (χ1n) is 9.36. The summed E-state index contributed by atoms with van der Waals surface area (Å²) in [5.41, 5.74) is 0.995. The molecule has 2 N–H and O–H groups in total. The molecule has 0 atom stereocenters. The van der Waals surface area contributed by atoms with Gasteiger partial charge in [0.2, 0.25) is 5.91 Å². The van der Waals surface area contributed by atoms with E-state index in [1.807, 2.05) is 0 Å². The summed E-state index contributed by atoms with van der Waals surface area (Å²) in [4.78, 5) is 36.1. The maximum atomic E-state index is 13.1. The van der Waals surface area contributed by atoms with Crippen LogP contribution in [0.1, 0.15) is 15.9 Å². The number of carbonyl (C=O) groups excluding carboxylic acids is 3. The van der Waals surface area contributed by atoms with Gasteiger partial charge in [-0.3, -0.25) is 14.4 Å². The number of hydrogen-bond acceptors (Lipinski definition) is 4. The number of rotatable bonds is 8. The van der Waals surface area contributed by atoms with Gasteiger partial charge in [-0.15, -0.1) is 0 Å². The Labute approximate surface area is 187 Å². The molecule has 0 radical (unpaired) electrons. The predicted octanol–water partition coefficient (Wildman–Crippen LogP) is 3.98. The molecule has 3 aromatic carbocycles. The van der Waals surface area contributed by atoms with Gasteiger partial charge in [0.15, 0.2) is 24.0 Å². The second-order valence-electron chi connectivity index (χ2n) is 6.60. The first-order valence-corrected chi connectivity index (χ1v) is 9.74. The first-order chi connectivity index (χ1) is 15.3. The number of amides is 2. The van der Waals surface area contributed by atoms with E-state index in [-0.39, 0.29) is 24.6 Å². The lowest BCUT2D eigenvalue weighted by Gasteiger charge is -2.09. The molecule has 0 aliphatic carbocycles. The molecule has 0 saturated carbocycles. The average Bonchev–Trinajstić information content (AvgIpc) is 2.79. The fraction of sp³-hybridized carbons (Fsp3) is 0.0870. The van der Waals surface area contributed by atoms with Crippen LogP contribution in [0.25, 0.3) is 0 Å². The normalized spacial score (nSPS) is 10.3. The molecular weight excluding hydrogens is 442 g/mol. The summed E-state index contributed by atoms with van der Waals surface area (Å²) in [6.45, 7) is -0.737.